The maximum atomic E-state index is 12.1. The third-order valence-electron chi connectivity index (χ3n) is 5.78. The van der Waals surface area contributed by atoms with Crippen molar-refractivity contribution < 1.29 is 9.21 Å². The van der Waals surface area contributed by atoms with Gasteiger partial charge in [0.2, 0.25) is 0 Å². The SMILES string of the molecule is C=C(c1ccc2ccoc2c1)N1CCc2c(cc(CC)c(C(C)=O)c2C)C1. The van der Waals surface area contributed by atoms with E-state index in [1.807, 2.05) is 6.07 Å². The Labute approximate surface area is 160 Å². The molecular formula is C24H25NO2. The van der Waals surface area contributed by atoms with Crippen LogP contribution in [0.3, 0.4) is 0 Å². The number of benzene rings is 2. The minimum atomic E-state index is 0.172. The number of aryl methyl sites for hydroxylation is 1. The van der Waals surface area contributed by atoms with Crippen molar-refractivity contribution in [2.75, 3.05) is 6.54 Å². The second-order valence-electron chi connectivity index (χ2n) is 7.37. The number of fused-ring (bicyclic) bond motifs is 2. The molecule has 0 bridgehead atoms. The van der Waals surface area contributed by atoms with Crippen molar-refractivity contribution in [1.82, 2.24) is 4.90 Å². The summed E-state index contributed by atoms with van der Waals surface area (Å²) in [4.78, 5) is 14.5. The third-order valence-corrected chi connectivity index (χ3v) is 5.78. The molecule has 138 valence electrons. The lowest BCUT2D eigenvalue weighted by molar-refractivity contribution is 0.101. The van der Waals surface area contributed by atoms with E-state index in [9.17, 15) is 4.79 Å². The Hall–Kier alpha value is -2.81. The highest BCUT2D eigenvalue weighted by molar-refractivity contribution is 5.97. The molecule has 3 heteroatoms. The van der Waals surface area contributed by atoms with Crippen LogP contribution in [0, 0.1) is 6.92 Å². The summed E-state index contributed by atoms with van der Waals surface area (Å²) in [5.74, 6) is 0.172. The lowest BCUT2D eigenvalue weighted by Gasteiger charge is -2.34. The molecule has 2 aromatic carbocycles. The van der Waals surface area contributed by atoms with E-state index in [1.165, 1.54) is 16.7 Å². The van der Waals surface area contributed by atoms with Crippen LogP contribution in [0.5, 0.6) is 0 Å². The van der Waals surface area contributed by atoms with Crippen molar-refractivity contribution in [3.8, 4) is 0 Å². The highest BCUT2D eigenvalue weighted by Gasteiger charge is 2.23. The average Bonchev–Trinajstić information content (AvgIpc) is 3.14. The molecule has 0 atom stereocenters. The van der Waals surface area contributed by atoms with Gasteiger partial charge in [-0.15, -0.1) is 0 Å². The first-order chi connectivity index (χ1) is 13.0. The summed E-state index contributed by atoms with van der Waals surface area (Å²) in [6.07, 6.45) is 3.53. The van der Waals surface area contributed by atoms with Crippen LogP contribution in [0.2, 0.25) is 0 Å². The monoisotopic (exact) mass is 359 g/mol. The van der Waals surface area contributed by atoms with Crippen LogP contribution in [0.1, 0.15) is 52.0 Å². The summed E-state index contributed by atoms with van der Waals surface area (Å²) >= 11 is 0. The first-order valence-corrected chi connectivity index (χ1v) is 9.56. The normalized spacial score (nSPS) is 13.7. The van der Waals surface area contributed by atoms with Crippen LogP contribution >= 0.6 is 0 Å². The van der Waals surface area contributed by atoms with E-state index >= 15 is 0 Å². The van der Waals surface area contributed by atoms with Gasteiger partial charge in [0.05, 0.1) is 6.26 Å². The van der Waals surface area contributed by atoms with Crippen LogP contribution in [0.15, 0.2) is 47.6 Å². The lowest BCUT2D eigenvalue weighted by Crippen LogP contribution is -2.30. The van der Waals surface area contributed by atoms with E-state index in [1.54, 1.807) is 13.2 Å². The molecule has 27 heavy (non-hydrogen) atoms. The highest BCUT2D eigenvalue weighted by Crippen LogP contribution is 2.32. The fourth-order valence-corrected chi connectivity index (χ4v) is 4.34. The van der Waals surface area contributed by atoms with E-state index in [0.29, 0.717) is 0 Å². The van der Waals surface area contributed by atoms with Crippen LogP contribution in [0.25, 0.3) is 16.7 Å². The van der Waals surface area contributed by atoms with Crippen LogP contribution < -0.4 is 0 Å². The van der Waals surface area contributed by atoms with Crippen LogP contribution in [-0.2, 0) is 19.4 Å². The van der Waals surface area contributed by atoms with Gasteiger partial charge in [0, 0.05) is 35.3 Å². The number of hydrogen-bond donors (Lipinski definition) is 0. The number of furan rings is 1. The van der Waals surface area contributed by atoms with E-state index in [4.69, 9.17) is 4.42 Å². The molecule has 3 nitrogen and oxygen atoms in total. The van der Waals surface area contributed by atoms with Crippen molar-refractivity contribution in [3.63, 3.8) is 0 Å². The molecular weight excluding hydrogens is 334 g/mol. The quantitative estimate of drug-likeness (QED) is 0.574. The number of carbonyl (C=O) groups is 1. The van der Waals surface area contributed by atoms with Gasteiger partial charge < -0.3 is 9.32 Å². The molecule has 0 unspecified atom stereocenters. The third kappa shape index (κ3) is 2.97. The summed E-state index contributed by atoms with van der Waals surface area (Å²) < 4.78 is 5.54. The predicted octanol–water partition coefficient (Wildman–Crippen LogP) is 5.54. The number of nitrogens with zero attached hydrogens (tertiary/aromatic N) is 1. The van der Waals surface area contributed by atoms with Crippen molar-refractivity contribution in [2.45, 2.75) is 40.2 Å². The van der Waals surface area contributed by atoms with Gasteiger partial charge in [-0.2, -0.15) is 0 Å². The Morgan fingerprint density at radius 2 is 2.07 bits per heavy atom. The summed E-state index contributed by atoms with van der Waals surface area (Å²) in [7, 11) is 0. The highest BCUT2D eigenvalue weighted by atomic mass is 16.3. The van der Waals surface area contributed by atoms with Gasteiger partial charge in [-0.25, -0.2) is 0 Å². The molecule has 1 aliphatic rings. The van der Waals surface area contributed by atoms with Gasteiger partial charge in [-0.1, -0.05) is 31.7 Å². The topological polar surface area (TPSA) is 33.5 Å². The van der Waals surface area contributed by atoms with E-state index in [0.717, 1.165) is 59.3 Å². The van der Waals surface area contributed by atoms with Gasteiger partial charge in [0.1, 0.15) is 5.58 Å². The van der Waals surface area contributed by atoms with Crippen LogP contribution in [0.4, 0.5) is 0 Å². The first kappa shape index (κ1) is 17.6. The number of Topliss-reactive ketones (excluding diaryl/α,β-unsaturated/α-hetero) is 1. The smallest absolute Gasteiger partial charge is 0.160 e. The summed E-state index contributed by atoms with van der Waals surface area (Å²) in [5.41, 5.74) is 8.90. The Bertz CT molecular complexity index is 1060. The van der Waals surface area contributed by atoms with Crippen molar-refractivity contribution in [3.05, 3.63) is 76.6 Å². The molecule has 1 aromatic heterocycles. The Morgan fingerprint density at radius 1 is 1.26 bits per heavy atom. The van der Waals surface area contributed by atoms with Gasteiger partial charge in [-0.05, 0) is 61.1 Å². The Kier molecular flexibility index (Phi) is 4.39. The predicted molar refractivity (Wildman–Crippen MR) is 110 cm³/mol. The van der Waals surface area contributed by atoms with Gasteiger partial charge in [0.25, 0.3) is 0 Å². The standard InChI is InChI=1S/C24H25NO2/c1-5-18-12-21-14-25(10-8-22(21)15(2)24(18)17(4)26)16(3)20-7-6-19-9-11-27-23(19)13-20/h6-7,9,11-13H,3,5,8,10,14H2,1-2,4H3. The molecule has 0 aliphatic carbocycles. The maximum Gasteiger partial charge on any atom is 0.160 e. The summed E-state index contributed by atoms with van der Waals surface area (Å²) in [5, 5.41) is 1.11. The van der Waals surface area contributed by atoms with Gasteiger partial charge in [0.15, 0.2) is 5.78 Å². The minimum absolute atomic E-state index is 0.172. The van der Waals surface area contributed by atoms with Gasteiger partial charge >= 0.3 is 0 Å². The molecule has 0 spiro atoms. The summed E-state index contributed by atoms with van der Waals surface area (Å²) in [6.45, 7) is 12.0. The maximum absolute atomic E-state index is 12.1. The zero-order valence-corrected chi connectivity index (χ0v) is 16.3. The Morgan fingerprint density at radius 3 is 2.81 bits per heavy atom. The van der Waals surface area contributed by atoms with Gasteiger partial charge in [-0.3, -0.25) is 4.79 Å². The van der Waals surface area contributed by atoms with E-state index in [-0.39, 0.29) is 5.78 Å². The zero-order valence-electron chi connectivity index (χ0n) is 16.3. The van der Waals surface area contributed by atoms with E-state index in [2.05, 4.69) is 49.6 Å². The van der Waals surface area contributed by atoms with E-state index < -0.39 is 0 Å². The average molecular weight is 359 g/mol. The molecule has 1 aliphatic heterocycles. The number of ketones is 1. The molecule has 3 aromatic rings. The molecule has 0 fully saturated rings. The molecule has 2 heterocycles. The molecule has 0 N–H and O–H groups in total. The Balaban J connectivity index is 1.67. The largest absolute Gasteiger partial charge is 0.464 e. The first-order valence-electron chi connectivity index (χ1n) is 9.56. The molecule has 0 radical (unpaired) electrons. The van der Waals surface area contributed by atoms with Crippen molar-refractivity contribution >= 4 is 22.4 Å². The fraction of sp³-hybridized carbons (Fsp3) is 0.292. The molecule has 4 rings (SSSR count). The number of rotatable bonds is 4. The second-order valence-corrected chi connectivity index (χ2v) is 7.37. The van der Waals surface area contributed by atoms with Crippen molar-refractivity contribution in [2.24, 2.45) is 0 Å². The molecule has 0 saturated carbocycles. The lowest BCUT2D eigenvalue weighted by atomic mass is 9.86. The zero-order chi connectivity index (χ0) is 19.1. The second kappa shape index (κ2) is 6.73. The molecule has 0 saturated heterocycles. The minimum Gasteiger partial charge on any atom is -0.464 e. The van der Waals surface area contributed by atoms with Crippen molar-refractivity contribution in [1.29, 1.82) is 0 Å². The fourth-order valence-electron chi connectivity index (χ4n) is 4.34. The summed E-state index contributed by atoms with van der Waals surface area (Å²) in [6, 6.07) is 10.5. The van der Waals surface area contributed by atoms with Crippen LogP contribution in [-0.4, -0.2) is 17.2 Å². The number of hydrogen-bond acceptors (Lipinski definition) is 3. The molecule has 0 amide bonds. The number of carbonyl (C=O) groups excluding carboxylic acids is 1.